The first-order chi connectivity index (χ1) is 8.60. The molecule has 1 rings (SSSR count). The van der Waals surface area contributed by atoms with Crippen molar-refractivity contribution >= 4 is 10.0 Å². The van der Waals surface area contributed by atoms with Crippen LogP contribution in [-0.2, 0) is 16.4 Å². The van der Waals surface area contributed by atoms with E-state index in [4.69, 9.17) is 5.11 Å². The van der Waals surface area contributed by atoms with Crippen LogP contribution in [-0.4, -0.2) is 26.7 Å². The molecule has 0 saturated heterocycles. The van der Waals surface area contributed by atoms with E-state index in [2.05, 4.69) is 11.6 Å². The lowest BCUT2D eigenvalue weighted by Crippen LogP contribution is -2.24. The second kappa shape index (κ2) is 7.51. The highest BCUT2D eigenvalue weighted by molar-refractivity contribution is 7.89. The summed E-state index contributed by atoms with van der Waals surface area (Å²) >= 11 is 0. The molecule has 18 heavy (non-hydrogen) atoms. The number of nitrogens with one attached hydrogen (secondary N) is 1. The van der Waals surface area contributed by atoms with Gasteiger partial charge in [0.25, 0.3) is 0 Å². The maximum atomic E-state index is 11.9. The number of sulfonamides is 1. The minimum absolute atomic E-state index is 0.0907. The Balaban J connectivity index is 2.61. The van der Waals surface area contributed by atoms with Gasteiger partial charge in [-0.25, -0.2) is 13.1 Å². The predicted octanol–water partition coefficient (Wildman–Crippen LogP) is 1.69. The molecular formula is C13H21NO3S. The minimum Gasteiger partial charge on any atom is -0.396 e. The van der Waals surface area contributed by atoms with Crippen LogP contribution in [0, 0.1) is 0 Å². The van der Waals surface area contributed by atoms with E-state index in [9.17, 15) is 8.42 Å². The van der Waals surface area contributed by atoms with Gasteiger partial charge in [-0.05, 0) is 37.0 Å². The molecule has 0 heterocycles. The van der Waals surface area contributed by atoms with Crippen LogP contribution in [0.15, 0.2) is 29.2 Å². The number of aliphatic hydroxyl groups is 1. The third kappa shape index (κ3) is 4.76. The molecule has 0 fully saturated rings. The van der Waals surface area contributed by atoms with Crippen molar-refractivity contribution in [2.75, 3.05) is 13.2 Å². The summed E-state index contributed by atoms with van der Waals surface area (Å²) in [4.78, 5) is 0.298. The van der Waals surface area contributed by atoms with E-state index in [1.165, 1.54) is 0 Å². The topological polar surface area (TPSA) is 66.4 Å². The van der Waals surface area contributed by atoms with Crippen molar-refractivity contribution in [3.05, 3.63) is 29.8 Å². The summed E-state index contributed by atoms with van der Waals surface area (Å²) in [7, 11) is -3.40. The number of rotatable bonds is 8. The van der Waals surface area contributed by atoms with Crippen LogP contribution in [0.3, 0.4) is 0 Å². The molecule has 1 aromatic rings. The van der Waals surface area contributed by atoms with Crippen LogP contribution in [0.4, 0.5) is 0 Å². The van der Waals surface area contributed by atoms with Gasteiger partial charge in [0.2, 0.25) is 10.0 Å². The average Bonchev–Trinajstić information content (AvgIpc) is 2.36. The Kier molecular flexibility index (Phi) is 6.32. The maximum Gasteiger partial charge on any atom is 0.240 e. The molecule has 0 bridgehead atoms. The first-order valence-corrected chi connectivity index (χ1v) is 7.78. The van der Waals surface area contributed by atoms with Crippen LogP contribution in [0.5, 0.6) is 0 Å². The first kappa shape index (κ1) is 15.1. The zero-order chi connectivity index (χ0) is 13.4. The van der Waals surface area contributed by atoms with E-state index in [1.54, 1.807) is 12.1 Å². The van der Waals surface area contributed by atoms with Crippen LogP contribution in [0.1, 0.15) is 31.7 Å². The van der Waals surface area contributed by atoms with Crippen LogP contribution in [0.2, 0.25) is 0 Å². The Morgan fingerprint density at radius 3 is 2.39 bits per heavy atom. The molecule has 102 valence electrons. The summed E-state index contributed by atoms with van der Waals surface area (Å²) in [5.41, 5.74) is 1.15. The van der Waals surface area contributed by atoms with Gasteiger partial charge in [0, 0.05) is 13.2 Å². The molecule has 5 heteroatoms. The van der Waals surface area contributed by atoms with Gasteiger partial charge < -0.3 is 5.11 Å². The lowest BCUT2D eigenvalue weighted by molar-refractivity contribution is 0.285. The van der Waals surface area contributed by atoms with E-state index in [-0.39, 0.29) is 6.61 Å². The monoisotopic (exact) mass is 271 g/mol. The summed E-state index contributed by atoms with van der Waals surface area (Å²) < 4.78 is 26.3. The van der Waals surface area contributed by atoms with Crippen molar-refractivity contribution in [3.8, 4) is 0 Å². The summed E-state index contributed by atoms with van der Waals surface area (Å²) in [5.74, 6) is 0. The molecule has 0 atom stereocenters. The van der Waals surface area contributed by atoms with Gasteiger partial charge in [-0.2, -0.15) is 0 Å². The zero-order valence-electron chi connectivity index (χ0n) is 10.7. The highest BCUT2D eigenvalue weighted by Crippen LogP contribution is 2.11. The maximum absolute atomic E-state index is 11.9. The fourth-order valence-electron chi connectivity index (χ4n) is 1.65. The summed E-state index contributed by atoms with van der Waals surface area (Å²) in [6, 6.07) is 6.98. The fraction of sp³-hybridized carbons (Fsp3) is 0.538. The number of aliphatic hydroxyl groups excluding tert-OH is 1. The number of benzene rings is 1. The molecule has 0 amide bonds. The van der Waals surface area contributed by atoms with Gasteiger partial charge >= 0.3 is 0 Å². The summed E-state index contributed by atoms with van der Waals surface area (Å²) in [5, 5.41) is 8.62. The van der Waals surface area contributed by atoms with Gasteiger partial charge in [-0.3, -0.25) is 0 Å². The van der Waals surface area contributed by atoms with E-state index >= 15 is 0 Å². The SMILES string of the molecule is CCCc1ccc(S(=O)(=O)NCCCCO)cc1. The van der Waals surface area contributed by atoms with E-state index in [1.807, 2.05) is 12.1 Å². The van der Waals surface area contributed by atoms with Crippen molar-refractivity contribution in [2.45, 2.75) is 37.5 Å². The lowest BCUT2D eigenvalue weighted by Gasteiger charge is -2.07. The summed E-state index contributed by atoms with van der Waals surface area (Å²) in [6.45, 7) is 2.54. The fourth-order valence-corrected chi connectivity index (χ4v) is 2.72. The second-order valence-electron chi connectivity index (χ2n) is 4.22. The van der Waals surface area contributed by atoms with Gasteiger partial charge in [-0.15, -0.1) is 0 Å². The number of hydrogen-bond acceptors (Lipinski definition) is 3. The molecule has 1 aromatic carbocycles. The highest BCUT2D eigenvalue weighted by Gasteiger charge is 2.12. The third-order valence-corrected chi connectivity index (χ3v) is 4.13. The largest absolute Gasteiger partial charge is 0.396 e. The molecule has 0 aromatic heterocycles. The van der Waals surface area contributed by atoms with Crippen molar-refractivity contribution < 1.29 is 13.5 Å². The van der Waals surface area contributed by atoms with Crippen molar-refractivity contribution in [2.24, 2.45) is 0 Å². The first-order valence-electron chi connectivity index (χ1n) is 6.29. The Morgan fingerprint density at radius 2 is 1.83 bits per heavy atom. The van der Waals surface area contributed by atoms with Crippen LogP contribution < -0.4 is 4.72 Å². The molecule has 0 unspecified atom stereocenters. The molecule has 0 saturated carbocycles. The molecule has 0 aliphatic heterocycles. The molecule has 0 aliphatic rings. The Bertz CT molecular complexity index is 440. The molecule has 4 nitrogen and oxygen atoms in total. The molecule has 2 N–H and O–H groups in total. The molecule has 0 radical (unpaired) electrons. The average molecular weight is 271 g/mol. The number of hydrogen-bond donors (Lipinski definition) is 2. The van der Waals surface area contributed by atoms with Crippen LogP contribution in [0.25, 0.3) is 0 Å². The summed E-state index contributed by atoms with van der Waals surface area (Å²) in [6.07, 6.45) is 3.26. The zero-order valence-corrected chi connectivity index (χ0v) is 11.5. The second-order valence-corrected chi connectivity index (χ2v) is 5.99. The quantitative estimate of drug-likeness (QED) is 0.707. The van der Waals surface area contributed by atoms with Crippen LogP contribution >= 0.6 is 0 Å². The number of unbranched alkanes of at least 4 members (excludes halogenated alkanes) is 1. The Labute approximate surface area is 109 Å². The number of aryl methyl sites for hydroxylation is 1. The third-order valence-electron chi connectivity index (χ3n) is 2.65. The van der Waals surface area contributed by atoms with Gasteiger partial charge in [0.1, 0.15) is 0 Å². The molecule has 0 aliphatic carbocycles. The minimum atomic E-state index is -3.40. The van der Waals surface area contributed by atoms with Gasteiger partial charge in [-0.1, -0.05) is 25.5 Å². The van der Waals surface area contributed by atoms with Gasteiger partial charge in [0.05, 0.1) is 4.90 Å². The standard InChI is InChI=1S/C13H21NO3S/c1-2-5-12-6-8-13(9-7-12)18(16,17)14-10-3-4-11-15/h6-9,14-15H,2-5,10-11H2,1H3. The normalized spacial score (nSPS) is 11.7. The highest BCUT2D eigenvalue weighted by atomic mass is 32.2. The lowest BCUT2D eigenvalue weighted by atomic mass is 10.1. The van der Waals surface area contributed by atoms with E-state index in [0.29, 0.717) is 24.3 Å². The van der Waals surface area contributed by atoms with Crippen molar-refractivity contribution in [1.29, 1.82) is 0 Å². The van der Waals surface area contributed by atoms with Crippen molar-refractivity contribution in [1.82, 2.24) is 4.72 Å². The van der Waals surface area contributed by atoms with Gasteiger partial charge in [0.15, 0.2) is 0 Å². The Morgan fingerprint density at radius 1 is 1.17 bits per heavy atom. The Hall–Kier alpha value is -0.910. The predicted molar refractivity (Wildman–Crippen MR) is 71.9 cm³/mol. The van der Waals surface area contributed by atoms with Crippen molar-refractivity contribution in [3.63, 3.8) is 0 Å². The smallest absolute Gasteiger partial charge is 0.240 e. The molecular weight excluding hydrogens is 250 g/mol. The molecule has 0 spiro atoms. The van der Waals surface area contributed by atoms with E-state index in [0.717, 1.165) is 18.4 Å². The van der Waals surface area contributed by atoms with E-state index < -0.39 is 10.0 Å².